The number of amidine groups is 1. The molecular weight excluding hydrogens is 282 g/mol. The molecule has 2 N–H and O–H groups in total. The highest BCUT2D eigenvalue weighted by Gasteiger charge is 1.98. The van der Waals surface area contributed by atoms with E-state index in [4.69, 9.17) is 4.74 Å². The van der Waals surface area contributed by atoms with Gasteiger partial charge in [0.2, 0.25) is 0 Å². The fourth-order valence-corrected chi connectivity index (χ4v) is 1.58. The normalized spacial score (nSPS) is 12.1. The van der Waals surface area contributed by atoms with Crippen LogP contribution in [0.5, 0.6) is 11.5 Å². The summed E-state index contributed by atoms with van der Waals surface area (Å²) in [7, 11) is 1.41. The maximum absolute atomic E-state index is 9.62. The Hall–Kier alpha value is -3.15. The monoisotopic (exact) mass is 297 g/mol. The molecular formula is C16H15N3O3. The van der Waals surface area contributed by atoms with Crippen molar-refractivity contribution in [2.75, 3.05) is 7.11 Å². The number of phenols is 2. The number of hydrogen-bond acceptors (Lipinski definition) is 5. The summed E-state index contributed by atoms with van der Waals surface area (Å²) in [6.07, 6.45) is 2.82. The summed E-state index contributed by atoms with van der Waals surface area (Å²) < 4.78 is 4.97. The quantitative estimate of drug-likeness (QED) is 0.518. The predicted molar refractivity (Wildman–Crippen MR) is 85.8 cm³/mol. The van der Waals surface area contributed by atoms with E-state index in [0.29, 0.717) is 11.1 Å². The van der Waals surface area contributed by atoms with Gasteiger partial charge in [0.05, 0.1) is 13.3 Å². The molecule has 0 aliphatic carbocycles. The molecule has 0 aliphatic heterocycles. The van der Waals surface area contributed by atoms with E-state index in [0.717, 1.165) is 0 Å². The Kier molecular flexibility index (Phi) is 5.25. The molecule has 2 aromatic rings. The fourth-order valence-electron chi connectivity index (χ4n) is 1.58. The summed E-state index contributed by atoms with van der Waals surface area (Å²) in [5.41, 5.74) is 1.07. The zero-order chi connectivity index (χ0) is 15.8. The lowest BCUT2D eigenvalue weighted by atomic mass is 10.2. The number of methoxy groups -OCH3 is 1. The summed E-state index contributed by atoms with van der Waals surface area (Å²) in [5.74, 6) is 0.220. The van der Waals surface area contributed by atoms with Gasteiger partial charge in [0.1, 0.15) is 11.5 Å². The van der Waals surface area contributed by atoms with Gasteiger partial charge in [-0.15, -0.1) is 0 Å². The van der Waals surface area contributed by atoms with E-state index in [1.165, 1.54) is 19.5 Å². The van der Waals surface area contributed by atoms with E-state index in [9.17, 15) is 10.2 Å². The zero-order valence-electron chi connectivity index (χ0n) is 11.9. The number of benzene rings is 2. The molecule has 0 spiro atoms. The van der Waals surface area contributed by atoms with E-state index in [1.54, 1.807) is 48.5 Å². The minimum Gasteiger partial charge on any atom is -0.507 e. The molecule has 22 heavy (non-hydrogen) atoms. The summed E-state index contributed by atoms with van der Waals surface area (Å²) in [4.78, 5) is 3.99. The second kappa shape index (κ2) is 7.58. The van der Waals surface area contributed by atoms with E-state index in [1.807, 2.05) is 0 Å². The van der Waals surface area contributed by atoms with Crippen LogP contribution in [0.4, 0.5) is 0 Å². The molecule has 0 saturated heterocycles. The maximum Gasteiger partial charge on any atom is 0.335 e. The van der Waals surface area contributed by atoms with Gasteiger partial charge in [-0.25, -0.2) is 4.99 Å². The second-order valence-electron chi connectivity index (χ2n) is 4.21. The Morgan fingerprint density at radius 2 is 1.45 bits per heavy atom. The van der Waals surface area contributed by atoms with Gasteiger partial charge in [0.25, 0.3) is 0 Å². The average molecular weight is 297 g/mol. The number of ether oxygens (including phenoxy) is 1. The third-order valence-electron chi connectivity index (χ3n) is 2.71. The molecule has 2 rings (SSSR count). The Morgan fingerprint density at radius 3 is 2.00 bits per heavy atom. The largest absolute Gasteiger partial charge is 0.507 e. The first kappa shape index (κ1) is 15.2. The number of para-hydroxylation sites is 2. The van der Waals surface area contributed by atoms with Crippen molar-refractivity contribution in [1.82, 2.24) is 0 Å². The third-order valence-corrected chi connectivity index (χ3v) is 2.71. The van der Waals surface area contributed by atoms with Gasteiger partial charge in [-0.05, 0) is 24.3 Å². The van der Waals surface area contributed by atoms with Crippen molar-refractivity contribution in [2.45, 2.75) is 0 Å². The average Bonchev–Trinajstić information content (AvgIpc) is 2.54. The summed E-state index contributed by atoms with van der Waals surface area (Å²) in [6.45, 7) is 0. The summed E-state index contributed by atoms with van der Waals surface area (Å²) >= 11 is 0. The smallest absolute Gasteiger partial charge is 0.335 e. The van der Waals surface area contributed by atoms with Crippen LogP contribution in [0, 0.1) is 0 Å². The topological polar surface area (TPSA) is 86.8 Å². The van der Waals surface area contributed by atoms with E-state index < -0.39 is 0 Å². The first-order valence-electron chi connectivity index (χ1n) is 6.46. The molecule has 0 bridgehead atoms. The lowest BCUT2D eigenvalue weighted by molar-refractivity contribution is 0.395. The number of phenolic OH excluding ortho intramolecular Hbond substituents is 2. The molecule has 6 nitrogen and oxygen atoms in total. The van der Waals surface area contributed by atoms with Crippen molar-refractivity contribution in [3.63, 3.8) is 0 Å². The Bertz CT molecular complexity index is 724. The molecule has 0 atom stereocenters. The molecule has 2 aromatic carbocycles. The number of rotatable bonds is 3. The van der Waals surface area contributed by atoms with E-state index in [-0.39, 0.29) is 17.5 Å². The molecule has 0 radical (unpaired) electrons. The summed E-state index contributed by atoms with van der Waals surface area (Å²) in [6, 6.07) is 13.5. The van der Waals surface area contributed by atoms with Gasteiger partial charge < -0.3 is 14.9 Å². The van der Waals surface area contributed by atoms with Crippen molar-refractivity contribution in [3.8, 4) is 11.5 Å². The highest BCUT2D eigenvalue weighted by atomic mass is 16.5. The van der Waals surface area contributed by atoms with Gasteiger partial charge in [-0.3, -0.25) is 0 Å². The van der Waals surface area contributed by atoms with Crippen LogP contribution >= 0.6 is 0 Å². The number of aliphatic imine (C=N–C) groups is 1. The van der Waals surface area contributed by atoms with Crippen LogP contribution in [0.25, 0.3) is 0 Å². The first-order chi connectivity index (χ1) is 10.7. The van der Waals surface area contributed by atoms with Crippen molar-refractivity contribution in [2.24, 2.45) is 15.2 Å². The van der Waals surface area contributed by atoms with Crippen molar-refractivity contribution < 1.29 is 14.9 Å². The standard InChI is InChI=1S/C16H15N3O3/c1-22-16(17-10-12-6-2-4-8-14(12)20)19-18-11-13-7-3-5-9-15(13)21/h2-11,20-21H,1H3/b17-10+,18-11+,19-16-. The zero-order valence-corrected chi connectivity index (χ0v) is 11.9. The second-order valence-corrected chi connectivity index (χ2v) is 4.21. The fraction of sp³-hybridized carbons (Fsp3) is 0.0625. The molecule has 0 aromatic heterocycles. The SMILES string of the molecule is COC(=N\N=C\c1ccccc1O)/N=C/c1ccccc1O. The third kappa shape index (κ3) is 4.17. The minimum atomic E-state index is 0.0231. The molecule has 0 heterocycles. The van der Waals surface area contributed by atoms with Crippen LogP contribution in [0.3, 0.4) is 0 Å². The highest BCUT2D eigenvalue weighted by molar-refractivity contribution is 5.93. The molecule has 0 saturated carbocycles. The van der Waals surface area contributed by atoms with Crippen LogP contribution in [-0.4, -0.2) is 35.8 Å². The number of nitrogens with zero attached hydrogens (tertiary/aromatic N) is 3. The van der Waals surface area contributed by atoms with Crippen LogP contribution < -0.4 is 0 Å². The lowest BCUT2D eigenvalue weighted by Gasteiger charge is -1.98. The van der Waals surface area contributed by atoms with E-state index in [2.05, 4.69) is 15.2 Å². The predicted octanol–water partition coefficient (Wildman–Crippen LogP) is 2.55. The maximum atomic E-state index is 9.62. The van der Waals surface area contributed by atoms with Crippen LogP contribution in [0.1, 0.15) is 11.1 Å². The van der Waals surface area contributed by atoms with Crippen molar-refractivity contribution in [3.05, 3.63) is 59.7 Å². The van der Waals surface area contributed by atoms with Gasteiger partial charge in [-0.1, -0.05) is 29.4 Å². The van der Waals surface area contributed by atoms with Gasteiger partial charge >= 0.3 is 6.02 Å². The van der Waals surface area contributed by atoms with Crippen LogP contribution in [0.15, 0.2) is 63.7 Å². The Labute approximate surface area is 127 Å². The van der Waals surface area contributed by atoms with Crippen molar-refractivity contribution in [1.29, 1.82) is 0 Å². The Balaban J connectivity index is 2.11. The summed E-state index contributed by atoms with van der Waals surface area (Å²) in [5, 5.41) is 26.8. The lowest BCUT2D eigenvalue weighted by Crippen LogP contribution is -1.97. The van der Waals surface area contributed by atoms with Crippen LogP contribution in [-0.2, 0) is 4.74 Å². The van der Waals surface area contributed by atoms with Gasteiger partial charge in [-0.2, -0.15) is 5.10 Å². The molecule has 0 fully saturated rings. The van der Waals surface area contributed by atoms with Gasteiger partial charge in [0, 0.05) is 17.3 Å². The molecule has 0 aliphatic rings. The molecule has 0 amide bonds. The first-order valence-corrected chi connectivity index (χ1v) is 6.46. The molecule has 6 heteroatoms. The highest BCUT2D eigenvalue weighted by Crippen LogP contribution is 2.13. The Morgan fingerprint density at radius 1 is 0.909 bits per heavy atom. The number of aromatic hydroxyl groups is 2. The van der Waals surface area contributed by atoms with Crippen molar-refractivity contribution >= 4 is 18.5 Å². The minimum absolute atomic E-state index is 0.0231. The number of hydrogen-bond donors (Lipinski definition) is 2. The molecule has 112 valence electrons. The van der Waals surface area contributed by atoms with Crippen LogP contribution in [0.2, 0.25) is 0 Å². The van der Waals surface area contributed by atoms with E-state index >= 15 is 0 Å². The van der Waals surface area contributed by atoms with Gasteiger partial charge in [0.15, 0.2) is 0 Å². The molecule has 0 unspecified atom stereocenters.